The van der Waals surface area contributed by atoms with E-state index in [1.165, 1.54) is 0 Å². The molecule has 0 unspecified atom stereocenters. The summed E-state index contributed by atoms with van der Waals surface area (Å²) in [6.07, 6.45) is 0.218. The van der Waals surface area contributed by atoms with E-state index < -0.39 is 0 Å². The van der Waals surface area contributed by atoms with Gasteiger partial charge in [0.15, 0.2) is 11.5 Å². The zero-order valence-electron chi connectivity index (χ0n) is 17.5. The number of carbonyl (C=O) groups excluding carboxylic acids is 2. The minimum absolute atomic E-state index is 0.0869. The van der Waals surface area contributed by atoms with Crippen LogP contribution in [0.25, 0.3) is 0 Å². The number of methoxy groups -OCH3 is 2. The number of nitrogens with zero attached hydrogens (tertiary/aromatic N) is 1. The van der Waals surface area contributed by atoms with Gasteiger partial charge in [-0.15, -0.1) is 0 Å². The molecule has 0 aliphatic rings. The Morgan fingerprint density at radius 2 is 1.59 bits per heavy atom. The molecule has 0 spiro atoms. The first-order valence-electron chi connectivity index (χ1n) is 9.21. The number of hydrogen-bond donors (Lipinski definition) is 2. The first kappa shape index (κ1) is 21.9. The fraction of sp³-hybridized carbons (Fsp3) is 0.318. The molecule has 0 radical (unpaired) electrons. The van der Waals surface area contributed by atoms with Crippen LogP contribution in [0.3, 0.4) is 0 Å². The smallest absolute Gasteiger partial charge is 0.244 e. The van der Waals surface area contributed by atoms with E-state index in [0.29, 0.717) is 17.2 Å². The third kappa shape index (κ3) is 6.95. The number of anilines is 1. The predicted octanol–water partition coefficient (Wildman–Crippen LogP) is 3.38. The van der Waals surface area contributed by atoms with Crippen LogP contribution in [0.4, 0.5) is 5.69 Å². The molecular weight excluding hydrogens is 370 g/mol. The summed E-state index contributed by atoms with van der Waals surface area (Å²) in [5.74, 6) is 0.678. The van der Waals surface area contributed by atoms with E-state index in [0.717, 1.165) is 22.4 Å². The van der Waals surface area contributed by atoms with E-state index in [1.54, 1.807) is 39.3 Å². The second-order valence-corrected chi connectivity index (χ2v) is 6.85. The van der Waals surface area contributed by atoms with Gasteiger partial charge in [-0.25, -0.2) is 5.43 Å². The topological polar surface area (TPSA) is 89.0 Å². The normalized spacial score (nSPS) is 11.0. The third-order valence-electron chi connectivity index (χ3n) is 4.11. The van der Waals surface area contributed by atoms with Crippen LogP contribution < -0.4 is 20.2 Å². The number of hydrogen-bond acceptors (Lipinski definition) is 5. The fourth-order valence-corrected chi connectivity index (χ4v) is 2.90. The molecule has 2 aromatic rings. The highest BCUT2D eigenvalue weighted by Gasteiger charge is 2.09. The maximum absolute atomic E-state index is 12.2. The second-order valence-electron chi connectivity index (χ2n) is 6.85. The van der Waals surface area contributed by atoms with Crippen molar-refractivity contribution in [3.05, 3.63) is 53.1 Å². The summed E-state index contributed by atoms with van der Waals surface area (Å²) in [4.78, 5) is 24.3. The molecule has 0 saturated heterocycles. The highest BCUT2D eigenvalue weighted by molar-refractivity contribution is 6.05. The molecule has 0 heterocycles. The molecule has 0 aromatic heterocycles. The average molecular weight is 397 g/mol. The molecule has 0 aliphatic carbocycles. The summed E-state index contributed by atoms with van der Waals surface area (Å²) in [5.41, 5.74) is 6.65. The largest absolute Gasteiger partial charge is 0.493 e. The van der Waals surface area contributed by atoms with E-state index >= 15 is 0 Å². The van der Waals surface area contributed by atoms with Crippen LogP contribution in [0.2, 0.25) is 0 Å². The SMILES string of the molecule is COc1ccc(CC(=O)N/N=C(\C)CC(=O)Nc2cc(C)cc(C)c2)cc1OC. The van der Waals surface area contributed by atoms with Crippen molar-refractivity contribution in [2.24, 2.45) is 5.10 Å². The van der Waals surface area contributed by atoms with Gasteiger partial charge in [-0.2, -0.15) is 5.10 Å². The van der Waals surface area contributed by atoms with Crippen molar-refractivity contribution in [2.75, 3.05) is 19.5 Å². The first-order chi connectivity index (χ1) is 13.8. The minimum atomic E-state index is -0.286. The lowest BCUT2D eigenvalue weighted by Crippen LogP contribution is -2.23. The van der Waals surface area contributed by atoms with Gasteiger partial charge in [-0.05, 0) is 61.7 Å². The number of benzene rings is 2. The maximum Gasteiger partial charge on any atom is 0.244 e. The Morgan fingerprint density at radius 1 is 0.931 bits per heavy atom. The Kier molecular flexibility index (Phi) is 7.77. The zero-order valence-corrected chi connectivity index (χ0v) is 17.5. The Hall–Kier alpha value is -3.35. The van der Waals surface area contributed by atoms with Crippen molar-refractivity contribution < 1.29 is 19.1 Å². The molecule has 0 fully saturated rings. The Morgan fingerprint density at radius 3 is 2.21 bits per heavy atom. The molecule has 0 aliphatic heterocycles. The zero-order chi connectivity index (χ0) is 21.4. The Bertz CT molecular complexity index is 902. The van der Waals surface area contributed by atoms with Crippen molar-refractivity contribution in [3.8, 4) is 11.5 Å². The fourth-order valence-electron chi connectivity index (χ4n) is 2.90. The van der Waals surface area contributed by atoms with Gasteiger partial charge in [0.05, 0.1) is 27.1 Å². The number of ether oxygens (including phenoxy) is 2. The number of carbonyl (C=O) groups is 2. The summed E-state index contributed by atoms with van der Waals surface area (Å²) >= 11 is 0. The highest BCUT2D eigenvalue weighted by Crippen LogP contribution is 2.27. The van der Waals surface area contributed by atoms with Crippen molar-refractivity contribution in [2.45, 2.75) is 33.6 Å². The molecule has 0 saturated carbocycles. The lowest BCUT2D eigenvalue weighted by atomic mass is 10.1. The molecule has 2 rings (SSSR count). The maximum atomic E-state index is 12.2. The lowest BCUT2D eigenvalue weighted by Gasteiger charge is -2.09. The van der Waals surface area contributed by atoms with Gasteiger partial charge >= 0.3 is 0 Å². The summed E-state index contributed by atoms with van der Waals surface area (Å²) in [5, 5.41) is 6.86. The molecule has 7 heteroatoms. The van der Waals surface area contributed by atoms with Crippen LogP contribution in [-0.2, 0) is 16.0 Å². The van der Waals surface area contributed by atoms with Crippen LogP contribution in [-0.4, -0.2) is 31.7 Å². The molecule has 0 bridgehead atoms. The molecule has 2 aromatic carbocycles. The van der Waals surface area contributed by atoms with Crippen molar-refractivity contribution in [1.29, 1.82) is 0 Å². The predicted molar refractivity (Wildman–Crippen MR) is 114 cm³/mol. The average Bonchev–Trinajstić information content (AvgIpc) is 2.65. The quantitative estimate of drug-likeness (QED) is 0.528. The standard InChI is InChI=1S/C22H27N3O4/c1-14-8-15(2)10-18(9-14)23-21(26)11-16(3)24-25-22(27)13-17-6-7-19(28-4)20(12-17)29-5/h6-10,12H,11,13H2,1-5H3,(H,23,26)(H,25,27)/b24-16+. The number of nitrogens with one attached hydrogen (secondary N) is 2. The molecule has 2 amide bonds. The van der Waals surface area contributed by atoms with E-state index in [1.807, 2.05) is 32.0 Å². The van der Waals surface area contributed by atoms with Crippen LogP contribution >= 0.6 is 0 Å². The van der Waals surface area contributed by atoms with Gasteiger partial charge in [-0.3, -0.25) is 9.59 Å². The number of aryl methyl sites for hydroxylation is 2. The minimum Gasteiger partial charge on any atom is -0.493 e. The van der Waals surface area contributed by atoms with Crippen LogP contribution in [0.5, 0.6) is 11.5 Å². The molecule has 154 valence electrons. The van der Waals surface area contributed by atoms with Gasteiger partial charge < -0.3 is 14.8 Å². The summed E-state index contributed by atoms with van der Waals surface area (Å²) in [7, 11) is 3.09. The van der Waals surface area contributed by atoms with Crippen molar-refractivity contribution >= 4 is 23.2 Å². The number of amides is 2. The second kappa shape index (κ2) is 10.3. The van der Waals surface area contributed by atoms with Crippen LogP contribution in [0.1, 0.15) is 30.0 Å². The van der Waals surface area contributed by atoms with E-state index in [9.17, 15) is 9.59 Å². The number of hydrazone groups is 1. The van der Waals surface area contributed by atoms with Gasteiger partial charge in [-0.1, -0.05) is 12.1 Å². The Balaban J connectivity index is 1.88. The van der Waals surface area contributed by atoms with Gasteiger partial charge in [0.25, 0.3) is 0 Å². The van der Waals surface area contributed by atoms with Gasteiger partial charge in [0.2, 0.25) is 11.8 Å². The first-order valence-corrected chi connectivity index (χ1v) is 9.21. The molecular formula is C22H27N3O4. The van der Waals surface area contributed by atoms with Crippen molar-refractivity contribution in [1.82, 2.24) is 5.43 Å². The Labute approximate surface area is 171 Å². The summed E-state index contributed by atoms with van der Waals surface area (Å²) in [6, 6.07) is 11.1. The summed E-state index contributed by atoms with van der Waals surface area (Å²) < 4.78 is 10.4. The molecule has 7 nitrogen and oxygen atoms in total. The molecule has 2 N–H and O–H groups in total. The van der Waals surface area contributed by atoms with Crippen molar-refractivity contribution in [3.63, 3.8) is 0 Å². The van der Waals surface area contributed by atoms with Gasteiger partial charge in [0.1, 0.15) is 0 Å². The van der Waals surface area contributed by atoms with E-state index in [-0.39, 0.29) is 24.7 Å². The molecule has 0 atom stereocenters. The number of rotatable bonds is 8. The molecule has 29 heavy (non-hydrogen) atoms. The van der Waals surface area contributed by atoms with E-state index in [2.05, 4.69) is 15.8 Å². The monoisotopic (exact) mass is 397 g/mol. The van der Waals surface area contributed by atoms with Crippen LogP contribution in [0, 0.1) is 13.8 Å². The summed E-state index contributed by atoms with van der Waals surface area (Å²) in [6.45, 7) is 5.64. The lowest BCUT2D eigenvalue weighted by molar-refractivity contribution is -0.120. The highest BCUT2D eigenvalue weighted by atomic mass is 16.5. The van der Waals surface area contributed by atoms with Gasteiger partial charge in [0, 0.05) is 11.4 Å². The third-order valence-corrected chi connectivity index (χ3v) is 4.11. The van der Waals surface area contributed by atoms with Crippen LogP contribution in [0.15, 0.2) is 41.5 Å². The van der Waals surface area contributed by atoms with E-state index in [4.69, 9.17) is 9.47 Å².